The molecule has 0 saturated heterocycles. The topological polar surface area (TPSA) is 47.6 Å². The average Bonchev–Trinajstić information content (AvgIpc) is 2.30. The van der Waals surface area contributed by atoms with Gasteiger partial charge in [0.1, 0.15) is 0 Å². The number of methoxy groups -OCH3 is 2. The molecule has 0 bridgehead atoms. The van der Waals surface area contributed by atoms with Crippen LogP contribution in [0.25, 0.3) is 0 Å². The minimum atomic E-state index is -0.0903. The van der Waals surface area contributed by atoms with Crippen molar-refractivity contribution >= 4 is 5.91 Å². The largest absolute Gasteiger partial charge is 0.383 e. The summed E-state index contributed by atoms with van der Waals surface area (Å²) in [6, 6.07) is 7.40. The fourth-order valence-electron chi connectivity index (χ4n) is 1.57. The lowest BCUT2D eigenvalue weighted by molar-refractivity contribution is 0.0905. The lowest BCUT2D eigenvalue weighted by atomic mass is 10.1. The van der Waals surface area contributed by atoms with Crippen LogP contribution in [0.5, 0.6) is 0 Å². The maximum Gasteiger partial charge on any atom is 0.251 e. The number of nitrogens with one attached hydrogen (secondary N) is 1. The number of carbonyl (C=O) groups excluding carboxylic acids is 1. The van der Waals surface area contributed by atoms with Gasteiger partial charge in [0.2, 0.25) is 0 Å². The van der Waals surface area contributed by atoms with E-state index in [1.807, 2.05) is 25.1 Å². The molecular weight excluding hydrogens is 218 g/mol. The predicted octanol–water partition coefficient (Wildman–Crippen LogP) is 1.60. The molecule has 1 rings (SSSR count). The molecule has 94 valence electrons. The zero-order valence-corrected chi connectivity index (χ0v) is 10.5. The van der Waals surface area contributed by atoms with Crippen molar-refractivity contribution in [3.05, 3.63) is 35.4 Å². The van der Waals surface area contributed by atoms with Crippen LogP contribution in [-0.4, -0.2) is 32.8 Å². The van der Waals surface area contributed by atoms with Crippen molar-refractivity contribution in [2.24, 2.45) is 0 Å². The Bertz CT molecular complexity index is 365. The Kier molecular flexibility index (Phi) is 5.66. The molecule has 0 saturated carbocycles. The first-order valence-electron chi connectivity index (χ1n) is 5.55. The number of benzene rings is 1. The van der Waals surface area contributed by atoms with Gasteiger partial charge in [-0.3, -0.25) is 4.79 Å². The zero-order valence-electron chi connectivity index (χ0n) is 10.5. The maximum atomic E-state index is 11.9. The van der Waals surface area contributed by atoms with Crippen LogP contribution < -0.4 is 5.32 Å². The molecule has 1 amide bonds. The van der Waals surface area contributed by atoms with Crippen LogP contribution >= 0.6 is 0 Å². The van der Waals surface area contributed by atoms with Crippen LogP contribution in [0.4, 0.5) is 0 Å². The van der Waals surface area contributed by atoms with Gasteiger partial charge in [-0.25, -0.2) is 0 Å². The van der Waals surface area contributed by atoms with Gasteiger partial charge in [0.15, 0.2) is 0 Å². The van der Waals surface area contributed by atoms with E-state index in [9.17, 15) is 4.79 Å². The Morgan fingerprint density at radius 3 is 2.76 bits per heavy atom. The van der Waals surface area contributed by atoms with E-state index in [4.69, 9.17) is 9.47 Å². The standard InChI is InChI=1S/C13H19NO3/c1-10(8-16-2)14-13(15)12-6-4-5-11(7-12)9-17-3/h4-7,10H,8-9H2,1-3H3,(H,14,15). The SMILES string of the molecule is COCc1cccc(C(=O)NC(C)COC)c1. The normalized spacial score (nSPS) is 12.2. The summed E-state index contributed by atoms with van der Waals surface area (Å²) >= 11 is 0. The Morgan fingerprint density at radius 1 is 1.35 bits per heavy atom. The molecular formula is C13H19NO3. The first kappa shape index (κ1) is 13.7. The van der Waals surface area contributed by atoms with Crippen molar-refractivity contribution in [1.82, 2.24) is 5.32 Å². The molecule has 0 heterocycles. The second-order valence-electron chi connectivity index (χ2n) is 3.96. The van der Waals surface area contributed by atoms with Crippen LogP contribution in [-0.2, 0) is 16.1 Å². The van der Waals surface area contributed by atoms with Gasteiger partial charge in [-0.2, -0.15) is 0 Å². The van der Waals surface area contributed by atoms with Gasteiger partial charge in [-0.05, 0) is 24.6 Å². The quantitative estimate of drug-likeness (QED) is 0.817. The molecule has 4 nitrogen and oxygen atoms in total. The third-order valence-corrected chi connectivity index (χ3v) is 2.29. The van der Waals surface area contributed by atoms with Crippen LogP contribution in [0.15, 0.2) is 24.3 Å². The molecule has 0 aliphatic carbocycles. The van der Waals surface area contributed by atoms with Gasteiger partial charge >= 0.3 is 0 Å². The molecule has 17 heavy (non-hydrogen) atoms. The second kappa shape index (κ2) is 7.04. The third-order valence-electron chi connectivity index (χ3n) is 2.29. The predicted molar refractivity (Wildman–Crippen MR) is 66.0 cm³/mol. The summed E-state index contributed by atoms with van der Waals surface area (Å²) in [5.41, 5.74) is 1.63. The minimum Gasteiger partial charge on any atom is -0.383 e. The summed E-state index contributed by atoms with van der Waals surface area (Å²) in [6.45, 7) is 2.92. The maximum absolute atomic E-state index is 11.9. The summed E-state index contributed by atoms with van der Waals surface area (Å²) in [4.78, 5) is 11.9. The highest BCUT2D eigenvalue weighted by Gasteiger charge is 2.09. The van der Waals surface area contributed by atoms with E-state index in [-0.39, 0.29) is 11.9 Å². The number of ether oxygens (including phenoxy) is 2. The highest BCUT2D eigenvalue weighted by molar-refractivity contribution is 5.94. The highest BCUT2D eigenvalue weighted by atomic mass is 16.5. The first-order valence-corrected chi connectivity index (χ1v) is 5.55. The van der Waals surface area contributed by atoms with Crippen LogP contribution in [0, 0.1) is 0 Å². The van der Waals surface area contributed by atoms with E-state index in [1.54, 1.807) is 20.3 Å². The fraction of sp³-hybridized carbons (Fsp3) is 0.462. The number of rotatable bonds is 6. The Labute approximate surface area is 102 Å². The molecule has 1 aromatic carbocycles. The molecule has 0 fully saturated rings. The number of hydrogen-bond acceptors (Lipinski definition) is 3. The third kappa shape index (κ3) is 4.54. The molecule has 1 N–H and O–H groups in total. The van der Waals surface area contributed by atoms with Gasteiger partial charge in [-0.1, -0.05) is 12.1 Å². The molecule has 0 radical (unpaired) electrons. The van der Waals surface area contributed by atoms with E-state index >= 15 is 0 Å². The highest BCUT2D eigenvalue weighted by Crippen LogP contribution is 2.06. The molecule has 0 aromatic heterocycles. The Morgan fingerprint density at radius 2 is 2.12 bits per heavy atom. The molecule has 1 unspecified atom stereocenters. The van der Waals surface area contributed by atoms with E-state index in [0.29, 0.717) is 18.8 Å². The summed E-state index contributed by atoms with van der Waals surface area (Å²) in [7, 11) is 3.25. The minimum absolute atomic E-state index is 0.00131. The zero-order chi connectivity index (χ0) is 12.7. The van der Waals surface area contributed by atoms with Crippen molar-refractivity contribution in [3.63, 3.8) is 0 Å². The van der Waals surface area contributed by atoms with Crippen molar-refractivity contribution < 1.29 is 14.3 Å². The first-order chi connectivity index (χ1) is 8.17. The second-order valence-corrected chi connectivity index (χ2v) is 3.96. The van der Waals surface area contributed by atoms with Gasteiger partial charge in [0.05, 0.1) is 13.2 Å². The number of carbonyl (C=O) groups is 1. The molecule has 1 aromatic rings. The van der Waals surface area contributed by atoms with Gasteiger partial charge < -0.3 is 14.8 Å². The lowest BCUT2D eigenvalue weighted by Gasteiger charge is -2.13. The molecule has 0 spiro atoms. The van der Waals surface area contributed by atoms with Gasteiger partial charge in [0.25, 0.3) is 5.91 Å². The molecule has 1 atom stereocenters. The van der Waals surface area contributed by atoms with Crippen molar-refractivity contribution in [1.29, 1.82) is 0 Å². The van der Waals surface area contributed by atoms with Crippen LogP contribution in [0.3, 0.4) is 0 Å². The average molecular weight is 237 g/mol. The smallest absolute Gasteiger partial charge is 0.251 e. The van der Waals surface area contributed by atoms with Crippen molar-refractivity contribution in [2.45, 2.75) is 19.6 Å². The summed E-state index contributed by atoms with van der Waals surface area (Å²) in [5.74, 6) is -0.0903. The Hall–Kier alpha value is -1.39. The molecule has 0 aliphatic rings. The lowest BCUT2D eigenvalue weighted by Crippen LogP contribution is -2.35. The molecule has 4 heteroatoms. The van der Waals surface area contributed by atoms with Crippen molar-refractivity contribution in [3.8, 4) is 0 Å². The van der Waals surface area contributed by atoms with E-state index in [2.05, 4.69) is 5.32 Å². The van der Waals surface area contributed by atoms with E-state index in [1.165, 1.54) is 0 Å². The van der Waals surface area contributed by atoms with Crippen LogP contribution in [0.1, 0.15) is 22.8 Å². The van der Waals surface area contributed by atoms with Gasteiger partial charge in [-0.15, -0.1) is 0 Å². The summed E-state index contributed by atoms with van der Waals surface area (Å²) in [5, 5.41) is 2.86. The number of hydrogen-bond donors (Lipinski definition) is 1. The monoisotopic (exact) mass is 237 g/mol. The van der Waals surface area contributed by atoms with E-state index in [0.717, 1.165) is 5.56 Å². The van der Waals surface area contributed by atoms with Gasteiger partial charge in [0, 0.05) is 25.8 Å². The van der Waals surface area contributed by atoms with E-state index < -0.39 is 0 Å². The van der Waals surface area contributed by atoms with Crippen LogP contribution in [0.2, 0.25) is 0 Å². The van der Waals surface area contributed by atoms with Crippen molar-refractivity contribution in [2.75, 3.05) is 20.8 Å². The summed E-state index contributed by atoms with van der Waals surface area (Å²) in [6.07, 6.45) is 0. The Balaban J connectivity index is 2.65. The fourth-order valence-corrected chi connectivity index (χ4v) is 1.57. The number of amides is 1. The summed E-state index contributed by atoms with van der Waals surface area (Å²) < 4.78 is 10.00. The molecule has 0 aliphatic heterocycles.